The van der Waals surface area contributed by atoms with Gasteiger partial charge in [0, 0.05) is 43.7 Å². The second-order valence-corrected chi connectivity index (χ2v) is 7.51. The molecule has 1 aliphatic heterocycles. The van der Waals surface area contributed by atoms with Crippen molar-refractivity contribution in [3.05, 3.63) is 65.8 Å². The molecule has 1 aliphatic rings. The molecule has 0 atom stereocenters. The molecule has 0 radical (unpaired) electrons. The second-order valence-electron chi connectivity index (χ2n) is 7.51. The fraction of sp³-hybridized carbons (Fsp3) is 0.348. The first-order valence-corrected chi connectivity index (χ1v) is 10.4. The van der Waals surface area contributed by atoms with Gasteiger partial charge in [-0.15, -0.1) is 0 Å². The lowest BCUT2D eigenvalue weighted by atomic mass is 10.2. The van der Waals surface area contributed by atoms with Crippen molar-refractivity contribution in [1.82, 2.24) is 15.5 Å². The van der Waals surface area contributed by atoms with Gasteiger partial charge in [0.05, 0.1) is 0 Å². The molecule has 30 heavy (non-hydrogen) atoms. The molecule has 1 N–H and O–H groups in total. The van der Waals surface area contributed by atoms with Gasteiger partial charge in [-0.25, -0.2) is 4.39 Å². The second kappa shape index (κ2) is 9.52. The van der Waals surface area contributed by atoms with E-state index in [2.05, 4.69) is 44.6 Å². The third-order valence-electron chi connectivity index (χ3n) is 5.26. The van der Waals surface area contributed by atoms with Gasteiger partial charge in [0.1, 0.15) is 5.82 Å². The Morgan fingerprint density at radius 3 is 2.53 bits per heavy atom. The van der Waals surface area contributed by atoms with E-state index in [1.807, 2.05) is 0 Å². The van der Waals surface area contributed by atoms with Crippen LogP contribution in [0.25, 0.3) is 11.4 Å². The van der Waals surface area contributed by atoms with Crippen molar-refractivity contribution in [2.45, 2.75) is 38.6 Å². The number of halogens is 1. The molecule has 0 saturated carbocycles. The molecule has 1 saturated heterocycles. The maximum absolute atomic E-state index is 13.0. The van der Waals surface area contributed by atoms with Gasteiger partial charge in [-0.05, 0) is 61.2 Å². The summed E-state index contributed by atoms with van der Waals surface area (Å²) in [5.41, 5.74) is 3.04. The molecule has 0 bridgehead atoms. The van der Waals surface area contributed by atoms with Gasteiger partial charge in [0.15, 0.2) is 0 Å². The summed E-state index contributed by atoms with van der Waals surface area (Å²) in [6.07, 6.45) is 4.04. The fourth-order valence-corrected chi connectivity index (χ4v) is 3.56. The highest BCUT2D eigenvalue weighted by atomic mass is 19.1. The maximum atomic E-state index is 13.0. The lowest BCUT2D eigenvalue weighted by Gasteiger charge is -2.17. The summed E-state index contributed by atoms with van der Waals surface area (Å²) < 4.78 is 18.2. The van der Waals surface area contributed by atoms with Crippen molar-refractivity contribution < 1.29 is 13.7 Å². The highest BCUT2D eigenvalue weighted by molar-refractivity contribution is 5.75. The van der Waals surface area contributed by atoms with Crippen LogP contribution in [0.5, 0.6) is 0 Å². The number of carbonyl (C=O) groups is 1. The molecule has 0 spiro atoms. The van der Waals surface area contributed by atoms with E-state index in [1.54, 1.807) is 12.1 Å². The summed E-state index contributed by atoms with van der Waals surface area (Å²) in [7, 11) is 0. The molecule has 1 fully saturated rings. The van der Waals surface area contributed by atoms with Crippen molar-refractivity contribution in [2.24, 2.45) is 0 Å². The van der Waals surface area contributed by atoms with Crippen LogP contribution < -0.4 is 10.2 Å². The Labute approximate surface area is 175 Å². The van der Waals surface area contributed by atoms with E-state index in [1.165, 1.54) is 30.7 Å². The zero-order valence-electron chi connectivity index (χ0n) is 16.8. The number of aryl methyl sites for hydroxylation is 1. The minimum Gasteiger partial charge on any atom is -0.372 e. The van der Waals surface area contributed by atoms with Crippen LogP contribution in [0.4, 0.5) is 10.1 Å². The number of hydrogen-bond acceptors (Lipinski definition) is 5. The van der Waals surface area contributed by atoms with Crippen LogP contribution in [0, 0.1) is 5.82 Å². The molecular formula is C23H25FN4O2. The first-order valence-electron chi connectivity index (χ1n) is 10.4. The van der Waals surface area contributed by atoms with Gasteiger partial charge < -0.3 is 14.7 Å². The Kier molecular flexibility index (Phi) is 6.37. The Morgan fingerprint density at radius 2 is 1.80 bits per heavy atom. The Hall–Kier alpha value is -3.22. The quantitative estimate of drug-likeness (QED) is 0.607. The number of aromatic nitrogens is 2. The molecule has 7 heteroatoms. The van der Waals surface area contributed by atoms with Crippen molar-refractivity contribution in [1.29, 1.82) is 0 Å². The van der Waals surface area contributed by atoms with E-state index in [4.69, 9.17) is 4.52 Å². The number of amides is 1. The number of hydrogen-bond donors (Lipinski definition) is 1. The largest absolute Gasteiger partial charge is 0.372 e. The normalized spacial score (nSPS) is 13.6. The predicted octanol–water partition coefficient (Wildman–Crippen LogP) is 4.12. The first-order chi connectivity index (χ1) is 14.7. The highest BCUT2D eigenvalue weighted by Gasteiger charge is 2.12. The monoisotopic (exact) mass is 408 g/mol. The summed E-state index contributed by atoms with van der Waals surface area (Å²) in [6, 6.07) is 14.3. The van der Waals surface area contributed by atoms with Gasteiger partial charge in [-0.2, -0.15) is 4.98 Å². The van der Waals surface area contributed by atoms with Crippen molar-refractivity contribution in [2.75, 3.05) is 18.0 Å². The molecule has 1 amide bonds. The van der Waals surface area contributed by atoms with Crippen LogP contribution in [-0.2, 0) is 17.8 Å². The number of benzene rings is 2. The number of nitrogens with one attached hydrogen (secondary N) is 1. The minimum atomic E-state index is -0.309. The molecule has 156 valence electrons. The first kappa shape index (κ1) is 20.1. The lowest BCUT2D eigenvalue weighted by molar-refractivity contribution is -0.121. The fourth-order valence-electron chi connectivity index (χ4n) is 3.56. The van der Waals surface area contributed by atoms with E-state index in [-0.39, 0.29) is 11.7 Å². The Balaban J connectivity index is 1.18. The van der Waals surface area contributed by atoms with Crippen molar-refractivity contribution in [3.63, 3.8) is 0 Å². The number of anilines is 1. The molecule has 6 nitrogen and oxygen atoms in total. The zero-order valence-corrected chi connectivity index (χ0v) is 16.8. The summed E-state index contributed by atoms with van der Waals surface area (Å²) in [5.74, 6) is 0.583. The Morgan fingerprint density at radius 1 is 1.07 bits per heavy atom. The van der Waals surface area contributed by atoms with Crippen LogP contribution in [0.2, 0.25) is 0 Å². The zero-order chi connectivity index (χ0) is 20.8. The van der Waals surface area contributed by atoms with Gasteiger partial charge in [0.2, 0.25) is 17.6 Å². The molecule has 4 rings (SSSR count). The molecule has 1 aromatic heterocycles. The van der Waals surface area contributed by atoms with Crippen LogP contribution in [-0.4, -0.2) is 29.1 Å². The highest BCUT2D eigenvalue weighted by Crippen LogP contribution is 2.20. The molecular weight excluding hydrogens is 383 g/mol. The molecule has 0 aliphatic carbocycles. The minimum absolute atomic E-state index is 0.00288. The van der Waals surface area contributed by atoms with E-state index in [0.717, 1.165) is 18.7 Å². The smallest absolute Gasteiger partial charge is 0.226 e. The number of nitrogens with zero attached hydrogens (tertiary/aromatic N) is 3. The lowest BCUT2D eigenvalue weighted by Crippen LogP contribution is -2.22. The predicted molar refractivity (Wildman–Crippen MR) is 112 cm³/mol. The third-order valence-corrected chi connectivity index (χ3v) is 5.26. The standard InChI is InChI=1S/C23H25FN4O2/c24-19-10-8-18(9-11-19)23-26-22(30-27-23)5-3-4-21(29)25-16-17-6-12-20(13-7-17)28-14-1-2-15-28/h6-13H,1-5,14-16H2,(H,25,29). The topological polar surface area (TPSA) is 71.3 Å². The summed E-state index contributed by atoms with van der Waals surface area (Å²) >= 11 is 0. The molecule has 2 heterocycles. The molecule has 3 aromatic rings. The summed E-state index contributed by atoms with van der Waals surface area (Å²) in [6.45, 7) is 2.78. The maximum Gasteiger partial charge on any atom is 0.226 e. The summed E-state index contributed by atoms with van der Waals surface area (Å²) in [4.78, 5) is 18.8. The van der Waals surface area contributed by atoms with Gasteiger partial charge >= 0.3 is 0 Å². The molecule has 2 aromatic carbocycles. The SMILES string of the molecule is O=C(CCCc1nc(-c2ccc(F)cc2)no1)NCc1ccc(N2CCCC2)cc1. The van der Waals surface area contributed by atoms with E-state index < -0.39 is 0 Å². The van der Waals surface area contributed by atoms with E-state index in [9.17, 15) is 9.18 Å². The van der Waals surface area contributed by atoms with E-state index >= 15 is 0 Å². The van der Waals surface area contributed by atoms with E-state index in [0.29, 0.717) is 43.1 Å². The number of rotatable bonds is 8. The third kappa shape index (κ3) is 5.23. The van der Waals surface area contributed by atoms with Gasteiger partial charge in [-0.3, -0.25) is 4.79 Å². The van der Waals surface area contributed by atoms with Crippen molar-refractivity contribution >= 4 is 11.6 Å². The number of carbonyl (C=O) groups excluding carboxylic acids is 1. The molecule has 0 unspecified atom stereocenters. The van der Waals surface area contributed by atoms with Gasteiger partial charge in [-0.1, -0.05) is 17.3 Å². The van der Waals surface area contributed by atoms with Crippen LogP contribution in [0.3, 0.4) is 0 Å². The van der Waals surface area contributed by atoms with Crippen LogP contribution in [0.1, 0.15) is 37.1 Å². The van der Waals surface area contributed by atoms with Crippen LogP contribution in [0.15, 0.2) is 53.1 Å². The summed E-state index contributed by atoms with van der Waals surface area (Å²) in [5, 5.41) is 6.87. The average molecular weight is 408 g/mol. The van der Waals surface area contributed by atoms with Crippen LogP contribution >= 0.6 is 0 Å². The van der Waals surface area contributed by atoms with Gasteiger partial charge in [0.25, 0.3) is 0 Å². The average Bonchev–Trinajstić information content (AvgIpc) is 3.46. The van der Waals surface area contributed by atoms with Crippen molar-refractivity contribution in [3.8, 4) is 11.4 Å². The Bertz CT molecular complexity index is 964.